The van der Waals surface area contributed by atoms with Gasteiger partial charge < -0.3 is 9.73 Å². The Balaban J connectivity index is 1.74. The van der Waals surface area contributed by atoms with Crippen molar-refractivity contribution in [2.75, 3.05) is 5.32 Å². The number of hydrogen-bond acceptors (Lipinski definition) is 3. The van der Waals surface area contributed by atoms with Gasteiger partial charge in [0.2, 0.25) is 0 Å². The number of aromatic nitrogens is 2. The van der Waals surface area contributed by atoms with E-state index in [4.69, 9.17) is 16.0 Å². The lowest BCUT2D eigenvalue weighted by Crippen LogP contribution is -2.11. The van der Waals surface area contributed by atoms with Crippen LogP contribution >= 0.6 is 43.5 Å². The number of nitrogens with zero attached hydrogens (tertiary/aromatic N) is 2. The van der Waals surface area contributed by atoms with E-state index >= 15 is 0 Å². The third kappa shape index (κ3) is 3.99. The van der Waals surface area contributed by atoms with Crippen molar-refractivity contribution in [2.24, 2.45) is 0 Å². The van der Waals surface area contributed by atoms with Crippen molar-refractivity contribution in [3.8, 4) is 0 Å². The number of carbonyl (C=O) groups is 1. The molecule has 0 saturated carbocycles. The van der Waals surface area contributed by atoms with E-state index in [2.05, 4.69) is 42.3 Å². The van der Waals surface area contributed by atoms with Crippen molar-refractivity contribution in [2.45, 2.75) is 20.4 Å². The minimum Gasteiger partial charge on any atom is -0.454 e. The van der Waals surface area contributed by atoms with Crippen LogP contribution in [0.15, 0.2) is 43.7 Å². The molecular weight excluding hydrogens is 473 g/mol. The molecule has 0 aliphatic carbocycles. The first-order valence-corrected chi connectivity index (χ1v) is 9.36. The fourth-order valence-corrected chi connectivity index (χ4v) is 3.34. The average Bonchev–Trinajstić information content (AvgIpc) is 3.12. The van der Waals surface area contributed by atoms with Crippen LogP contribution in [0.25, 0.3) is 0 Å². The zero-order valence-electron chi connectivity index (χ0n) is 13.4. The van der Waals surface area contributed by atoms with E-state index in [0.29, 0.717) is 23.0 Å². The van der Waals surface area contributed by atoms with Crippen LogP contribution < -0.4 is 5.32 Å². The third-order valence-electron chi connectivity index (χ3n) is 3.66. The number of amides is 1. The Kier molecular flexibility index (Phi) is 5.36. The standard InChI is InChI=1S/C17H14Br2ClN3O2/c1-9-16(19)10(2)23(22-9)8-12-4-6-15(25-12)17(24)21-14-5-3-11(18)7-13(14)20/h3-7H,8H2,1-2H3,(H,21,24). The second-order valence-electron chi connectivity index (χ2n) is 5.49. The first-order valence-electron chi connectivity index (χ1n) is 7.40. The second-order valence-corrected chi connectivity index (χ2v) is 7.60. The molecule has 2 aromatic heterocycles. The molecule has 1 aromatic carbocycles. The van der Waals surface area contributed by atoms with Crippen LogP contribution in [0.4, 0.5) is 5.69 Å². The Hall–Kier alpha value is -1.57. The van der Waals surface area contributed by atoms with Crippen LogP contribution in [0, 0.1) is 13.8 Å². The summed E-state index contributed by atoms with van der Waals surface area (Å²) >= 11 is 12.9. The van der Waals surface area contributed by atoms with Crippen molar-refractivity contribution in [3.63, 3.8) is 0 Å². The lowest BCUT2D eigenvalue weighted by atomic mass is 10.3. The molecule has 0 fully saturated rings. The molecular formula is C17H14Br2ClN3O2. The number of benzene rings is 1. The van der Waals surface area contributed by atoms with Crippen molar-refractivity contribution >= 4 is 55.1 Å². The van der Waals surface area contributed by atoms with E-state index in [-0.39, 0.29) is 11.7 Å². The smallest absolute Gasteiger partial charge is 0.291 e. The summed E-state index contributed by atoms with van der Waals surface area (Å²) in [5.74, 6) is 0.504. The number of hydrogen-bond donors (Lipinski definition) is 1. The van der Waals surface area contributed by atoms with E-state index in [1.165, 1.54) is 0 Å². The highest BCUT2D eigenvalue weighted by atomic mass is 79.9. The predicted octanol–water partition coefficient (Wildman–Crippen LogP) is 5.57. The molecule has 0 atom stereocenters. The van der Waals surface area contributed by atoms with Crippen molar-refractivity contribution < 1.29 is 9.21 Å². The number of anilines is 1. The fourth-order valence-electron chi connectivity index (χ4n) is 2.34. The molecule has 3 rings (SSSR count). The molecule has 3 aromatic rings. The first kappa shape index (κ1) is 18.2. The summed E-state index contributed by atoms with van der Waals surface area (Å²) in [5, 5.41) is 7.62. The minimum atomic E-state index is -0.356. The van der Waals surface area contributed by atoms with E-state index < -0.39 is 0 Å². The number of carbonyl (C=O) groups excluding carboxylic acids is 1. The van der Waals surface area contributed by atoms with Crippen LogP contribution in [-0.4, -0.2) is 15.7 Å². The monoisotopic (exact) mass is 485 g/mol. The van der Waals surface area contributed by atoms with Gasteiger partial charge in [-0.15, -0.1) is 0 Å². The van der Waals surface area contributed by atoms with E-state index in [0.717, 1.165) is 20.3 Å². The SMILES string of the molecule is Cc1nn(Cc2ccc(C(=O)Nc3ccc(Br)cc3Cl)o2)c(C)c1Br. The molecule has 0 aliphatic rings. The molecule has 0 aliphatic heterocycles. The molecule has 0 radical (unpaired) electrons. The van der Waals surface area contributed by atoms with Gasteiger partial charge in [-0.2, -0.15) is 5.10 Å². The Morgan fingerprint density at radius 1 is 1.28 bits per heavy atom. The van der Waals surface area contributed by atoms with Crippen LogP contribution in [0.3, 0.4) is 0 Å². The molecule has 130 valence electrons. The van der Waals surface area contributed by atoms with Crippen LogP contribution in [0.2, 0.25) is 5.02 Å². The highest BCUT2D eigenvalue weighted by Crippen LogP contribution is 2.26. The number of halogens is 3. The van der Waals surface area contributed by atoms with Crippen molar-refractivity contribution in [1.29, 1.82) is 0 Å². The maximum atomic E-state index is 12.3. The Labute approximate surface area is 166 Å². The second kappa shape index (κ2) is 7.35. The maximum Gasteiger partial charge on any atom is 0.291 e. The summed E-state index contributed by atoms with van der Waals surface area (Å²) in [7, 11) is 0. The number of rotatable bonds is 4. The van der Waals surface area contributed by atoms with Crippen LogP contribution in [-0.2, 0) is 6.54 Å². The van der Waals surface area contributed by atoms with Gasteiger partial charge in [-0.3, -0.25) is 9.48 Å². The van der Waals surface area contributed by atoms with Gasteiger partial charge in [0.25, 0.3) is 5.91 Å². The topological polar surface area (TPSA) is 60.1 Å². The van der Waals surface area contributed by atoms with Gasteiger partial charge in [-0.25, -0.2) is 0 Å². The summed E-state index contributed by atoms with van der Waals surface area (Å²) in [6, 6.07) is 8.64. The zero-order valence-corrected chi connectivity index (χ0v) is 17.4. The highest BCUT2D eigenvalue weighted by Gasteiger charge is 2.15. The summed E-state index contributed by atoms with van der Waals surface area (Å²) in [6.07, 6.45) is 0. The molecule has 0 unspecified atom stereocenters. The molecule has 5 nitrogen and oxygen atoms in total. The minimum absolute atomic E-state index is 0.217. The van der Waals surface area contributed by atoms with Gasteiger partial charge in [-0.1, -0.05) is 27.5 Å². The van der Waals surface area contributed by atoms with Gasteiger partial charge in [0, 0.05) is 4.47 Å². The number of furan rings is 1. The van der Waals surface area contributed by atoms with Crippen molar-refractivity contribution in [1.82, 2.24) is 9.78 Å². The summed E-state index contributed by atoms with van der Waals surface area (Å²) in [5.41, 5.74) is 2.43. The van der Waals surface area contributed by atoms with Crippen LogP contribution in [0.1, 0.15) is 27.7 Å². The molecule has 25 heavy (non-hydrogen) atoms. The molecule has 0 bridgehead atoms. The van der Waals surface area contributed by atoms with Gasteiger partial charge in [0.15, 0.2) is 5.76 Å². The van der Waals surface area contributed by atoms with E-state index in [9.17, 15) is 4.79 Å². The van der Waals surface area contributed by atoms with Gasteiger partial charge >= 0.3 is 0 Å². The maximum absolute atomic E-state index is 12.3. The van der Waals surface area contributed by atoms with Gasteiger partial charge in [0.05, 0.1) is 33.1 Å². The molecule has 0 spiro atoms. The van der Waals surface area contributed by atoms with E-state index in [1.54, 1.807) is 30.3 Å². The number of nitrogens with one attached hydrogen (secondary N) is 1. The largest absolute Gasteiger partial charge is 0.454 e. The lowest BCUT2D eigenvalue weighted by molar-refractivity contribution is 0.0994. The van der Waals surface area contributed by atoms with Gasteiger partial charge in [0.1, 0.15) is 5.76 Å². The zero-order chi connectivity index (χ0) is 18.1. The average molecular weight is 488 g/mol. The Morgan fingerprint density at radius 3 is 2.68 bits per heavy atom. The molecule has 2 heterocycles. The Bertz CT molecular complexity index is 950. The highest BCUT2D eigenvalue weighted by molar-refractivity contribution is 9.10. The Morgan fingerprint density at radius 2 is 2.04 bits per heavy atom. The predicted molar refractivity (Wildman–Crippen MR) is 104 cm³/mol. The normalized spacial score (nSPS) is 10.9. The van der Waals surface area contributed by atoms with Crippen LogP contribution in [0.5, 0.6) is 0 Å². The van der Waals surface area contributed by atoms with Crippen molar-refractivity contribution in [3.05, 3.63) is 67.2 Å². The number of aryl methyl sites for hydroxylation is 1. The summed E-state index contributed by atoms with van der Waals surface area (Å²) in [6.45, 7) is 4.34. The first-order chi connectivity index (χ1) is 11.8. The molecule has 0 saturated heterocycles. The summed E-state index contributed by atoms with van der Waals surface area (Å²) in [4.78, 5) is 12.3. The fraction of sp³-hybridized carbons (Fsp3) is 0.176. The lowest BCUT2D eigenvalue weighted by Gasteiger charge is -2.06. The summed E-state index contributed by atoms with van der Waals surface area (Å²) < 4.78 is 9.29. The quantitative estimate of drug-likeness (QED) is 0.523. The van der Waals surface area contributed by atoms with Gasteiger partial charge in [-0.05, 0) is 60.1 Å². The molecule has 1 N–H and O–H groups in total. The molecule has 8 heteroatoms. The third-order valence-corrected chi connectivity index (χ3v) is 5.62. The van der Waals surface area contributed by atoms with E-state index in [1.807, 2.05) is 18.5 Å². The molecule has 1 amide bonds.